The van der Waals surface area contributed by atoms with Crippen molar-refractivity contribution in [2.75, 3.05) is 16.8 Å². The van der Waals surface area contributed by atoms with Crippen LogP contribution < -0.4 is 10.6 Å². The number of carbonyl (C=O) groups is 2. The predicted molar refractivity (Wildman–Crippen MR) is 102 cm³/mol. The Labute approximate surface area is 158 Å². The van der Waals surface area contributed by atoms with E-state index in [-0.39, 0.29) is 34.9 Å². The topological polar surface area (TPSA) is 92.3 Å². The predicted octanol–water partition coefficient (Wildman–Crippen LogP) is 2.59. The summed E-state index contributed by atoms with van der Waals surface area (Å²) in [6.45, 7) is 2.13. The van der Waals surface area contributed by atoms with Crippen molar-refractivity contribution in [3.63, 3.8) is 0 Å². The highest BCUT2D eigenvalue weighted by Gasteiger charge is 2.25. The minimum Gasteiger partial charge on any atom is -0.353 e. The van der Waals surface area contributed by atoms with Crippen molar-refractivity contribution in [2.45, 2.75) is 54.9 Å². The molecule has 8 heteroatoms. The molecule has 26 heavy (non-hydrogen) atoms. The summed E-state index contributed by atoms with van der Waals surface area (Å²) in [5.74, 6) is 0.178. The summed E-state index contributed by atoms with van der Waals surface area (Å²) in [5.41, 5.74) is 0.521. The number of carbonyl (C=O) groups excluding carboxylic acids is 2. The first-order valence-corrected chi connectivity index (χ1v) is 11.6. The maximum absolute atomic E-state index is 12.6. The van der Waals surface area contributed by atoms with Gasteiger partial charge in [-0.3, -0.25) is 9.59 Å². The highest BCUT2D eigenvalue weighted by Crippen LogP contribution is 2.33. The van der Waals surface area contributed by atoms with Gasteiger partial charge in [-0.05, 0) is 37.0 Å². The van der Waals surface area contributed by atoms with Crippen LogP contribution in [-0.4, -0.2) is 37.8 Å². The van der Waals surface area contributed by atoms with E-state index in [1.807, 2.05) is 0 Å². The summed E-state index contributed by atoms with van der Waals surface area (Å²) in [6.07, 6.45) is 4.30. The lowest BCUT2D eigenvalue weighted by Crippen LogP contribution is -2.41. The van der Waals surface area contributed by atoms with Gasteiger partial charge in [0.2, 0.25) is 11.8 Å². The molecule has 2 N–H and O–H groups in total. The molecule has 2 aliphatic rings. The highest BCUT2D eigenvalue weighted by molar-refractivity contribution is 8.00. The first-order chi connectivity index (χ1) is 12.3. The second-order valence-corrected chi connectivity index (χ2v) is 10.1. The number of anilines is 1. The monoisotopic (exact) mass is 396 g/mol. The van der Waals surface area contributed by atoms with Crippen LogP contribution in [0.1, 0.15) is 39.0 Å². The third kappa shape index (κ3) is 4.59. The van der Waals surface area contributed by atoms with Crippen LogP contribution in [0.4, 0.5) is 5.69 Å². The summed E-state index contributed by atoms with van der Waals surface area (Å²) in [5, 5.41) is 5.68. The molecule has 1 aromatic rings. The van der Waals surface area contributed by atoms with E-state index in [2.05, 4.69) is 17.6 Å². The van der Waals surface area contributed by atoms with Crippen LogP contribution in [-0.2, 0) is 19.4 Å². The fourth-order valence-corrected chi connectivity index (χ4v) is 5.46. The van der Waals surface area contributed by atoms with Gasteiger partial charge in [-0.1, -0.05) is 19.8 Å². The van der Waals surface area contributed by atoms with Crippen LogP contribution in [0.3, 0.4) is 0 Å². The molecule has 0 saturated heterocycles. The number of nitrogens with one attached hydrogen (secondary N) is 2. The van der Waals surface area contributed by atoms with Crippen LogP contribution in [0.2, 0.25) is 0 Å². The Kier molecular flexibility index (Phi) is 5.92. The van der Waals surface area contributed by atoms with Crippen LogP contribution in [0.25, 0.3) is 0 Å². The molecule has 3 rings (SSSR count). The summed E-state index contributed by atoms with van der Waals surface area (Å²) >= 11 is 1.38. The molecular formula is C18H24N2O4S2. The van der Waals surface area contributed by atoms with Crippen molar-refractivity contribution < 1.29 is 18.0 Å². The number of amides is 2. The zero-order valence-electron chi connectivity index (χ0n) is 14.8. The largest absolute Gasteiger partial charge is 0.353 e. The van der Waals surface area contributed by atoms with Gasteiger partial charge < -0.3 is 10.6 Å². The van der Waals surface area contributed by atoms with Gasteiger partial charge in [0.1, 0.15) is 0 Å². The molecule has 1 aromatic carbocycles. The van der Waals surface area contributed by atoms with Crippen LogP contribution in [0, 0.1) is 5.92 Å². The number of hydrogen-bond donors (Lipinski definition) is 2. The lowest BCUT2D eigenvalue weighted by Gasteiger charge is -2.29. The van der Waals surface area contributed by atoms with Crippen molar-refractivity contribution in [1.82, 2.24) is 5.32 Å². The molecule has 1 aliphatic carbocycles. The maximum atomic E-state index is 12.6. The first-order valence-electron chi connectivity index (χ1n) is 8.94. The highest BCUT2D eigenvalue weighted by atomic mass is 32.2. The standard InChI is InChI=1S/C18H24N2O4S2/c1-12-4-2-3-5-14(12)19-17(21)8-9-26(23,24)13-6-7-16-15(10-13)20-18(22)11-25-16/h6-7,10,12,14H,2-5,8-9,11H2,1H3,(H,19,21)(H,20,22)/t12-,14+/m1/s1. The van der Waals surface area contributed by atoms with Gasteiger partial charge >= 0.3 is 0 Å². The Morgan fingerprint density at radius 1 is 1.31 bits per heavy atom. The van der Waals surface area contributed by atoms with Crippen molar-refractivity contribution in [1.29, 1.82) is 0 Å². The first kappa shape index (κ1) is 19.2. The minimum atomic E-state index is -3.58. The van der Waals surface area contributed by atoms with Gasteiger partial charge in [0, 0.05) is 17.4 Å². The molecule has 0 radical (unpaired) electrons. The molecule has 1 fully saturated rings. The molecule has 1 heterocycles. The SMILES string of the molecule is C[C@@H]1CCCC[C@@H]1NC(=O)CCS(=O)(=O)c1ccc2c(c1)NC(=O)CS2. The van der Waals surface area contributed by atoms with Crippen molar-refractivity contribution in [3.8, 4) is 0 Å². The second-order valence-electron chi connectivity index (χ2n) is 7.00. The number of sulfone groups is 1. The quantitative estimate of drug-likeness (QED) is 0.798. The minimum absolute atomic E-state index is 0.0518. The number of benzene rings is 1. The number of thioether (sulfide) groups is 1. The summed E-state index contributed by atoms with van der Waals surface area (Å²) < 4.78 is 25.1. The molecule has 0 unspecified atom stereocenters. The Bertz CT molecular complexity index is 807. The Balaban J connectivity index is 1.61. The van der Waals surface area contributed by atoms with Gasteiger partial charge in [0.05, 0.1) is 22.1 Å². The summed E-state index contributed by atoms with van der Waals surface area (Å²) in [4.78, 5) is 24.6. The van der Waals surface area contributed by atoms with Crippen LogP contribution >= 0.6 is 11.8 Å². The van der Waals surface area contributed by atoms with E-state index < -0.39 is 9.84 Å². The molecule has 6 nitrogen and oxygen atoms in total. The molecule has 0 aromatic heterocycles. The van der Waals surface area contributed by atoms with Gasteiger partial charge in [-0.15, -0.1) is 11.8 Å². The average Bonchev–Trinajstić information content (AvgIpc) is 2.61. The summed E-state index contributed by atoms with van der Waals surface area (Å²) in [7, 11) is -3.58. The van der Waals surface area contributed by atoms with Crippen LogP contribution in [0.15, 0.2) is 28.0 Å². The summed E-state index contributed by atoms with van der Waals surface area (Å²) in [6, 6.07) is 4.88. The smallest absolute Gasteiger partial charge is 0.234 e. The molecular weight excluding hydrogens is 372 g/mol. The molecule has 0 spiro atoms. The van der Waals surface area contributed by atoms with E-state index in [0.717, 1.165) is 24.2 Å². The van der Waals surface area contributed by atoms with Gasteiger partial charge in [-0.25, -0.2) is 8.42 Å². The Hall–Kier alpha value is -1.54. The van der Waals surface area contributed by atoms with Crippen LogP contribution in [0.5, 0.6) is 0 Å². The zero-order chi connectivity index (χ0) is 18.7. The molecule has 1 saturated carbocycles. The van der Waals surface area contributed by atoms with Gasteiger partial charge in [0.15, 0.2) is 9.84 Å². The normalized spacial score (nSPS) is 23.0. The molecule has 1 aliphatic heterocycles. The van der Waals surface area contributed by atoms with Crippen molar-refractivity contribution in [2.24, 2.45) is 5.92 Å². The number of fused-ring (bicyclic) bond motifs is 1. The third-order valence-corrected chi connectivity index (χ3v) is 7.79. The van der Waals surface area contributed by atoms with E-state index in [1.165, 1.54) is 24.2 Å². The van der Waals surface area contributed by atoms with Gasteiger partial charge in [-0.2, -0.15) is 0 Å². The Morgan fingerprint density at radius 2 is 2.08 bits per heavy atom. The number of rotatable bonds is 5. The third-order valence-electron chi connectivity index (χ3n) is 5.00. The maximum Gasteiger partial charge on any atom is 0.234 e. The molecule has 142 valence electrons. The molecule has 0 bridgehead atoms. The van der Waals surface area contributed by atoms with Crippen molar-refractivity contribution in [3.05, 3.63) is 18.2 Å². The van der Waals surface area contributed by atoms with E-state index in [4.69, 9.17) is 0 Å². The zero-order valence-corrected chi connectivity index (χ0v) is 16.4. The molecule has 2 atom stereocenters. The lowest BCUT2D eigenvalue weighted by molar-refractivity contribution is -0.122. The van der Waals surface area contributed by atoms with Gasteiger partial charge in [0.25, 0.3) is 0 Å². The lowest BCUT2D eigenvalue weighted by atomic mass is 9.86. The van der Waals surface area contributed by atoms with E-state index >= 15 is 0 Å². The fourth-order valence-electron chi connectivity index (χ4n) is 3.41. The number of hydrogen-bond acceptors (Lipinski definition) is 5. The van der Waals surface area contributed by atoms with Crippen molar-refractivity contribution >= 4 is 39.1 Å². The van der Waals surface area contributed by atoms with E-state index in [1.54, 1.807) is 12.1 Å². The second kappa shape index (κ2) is 8.00. The van der Waals surface area contributed by atoms with E-state index in [9.17, 15) is 18.0 Å². The Morgan fingerprint density at radius 3 is 2.85 bits per heavy atom. The average molecular weight is 397 g/mol. The molecule has 2 amide bonds. The van der Waals surface area contributed by atoms with E-state index in [0.29, 0.717) is 17.4 Å². The fraction of sp³-hybridized carbons (Fsp3) is 0.556.